The summed E-state index contributed by atoms with van der Waals surface area (Å²) in [5.41, 5.74) is -0.0242. The maximum atomic E-state index is 13.7. The molecular formula is C15H20FN3O2. The number of carbonyl (C=O) groups is 2. The number of piperazine rings is 1. The first kappa shape index (κ1) is 15.4. The van der Waals surface area contributed by atoms with Gasteiger partial charge >= 0.3 is 0 Å². The van der Waals surface area contributed by atoms with E-state index >= 15 is 0 Å². The maximum absolute atomic E-state index is 13.7. The van der Waals surface area contributed by atoms with Crippen LogP contribution < -0.4 is 0 Å². The lowest BCUT2D eigenvalue weighted by Gasteiger charge is -2.39. The van der Waals surface area contributed by atoms with Gasteiger partial charge in [0.25, 0.3) is 5.91 Å². The van der Waals surface area contributed by atoms with Crippen molar-refractivity contribution in [3.63, 3.8) is 0 Å². The molecule has 1 aliphatic rings. The molecule has 1 aromatic rings. The number of aromatic nitrogens is 1. The van der Waals surface area contributed by atoms with Crippen LogP contribution >= 0.6 is 0 Å². The molecular weight excluding hydrogens is 273 g/mol. The predicted octanol–water partition coefficient (Wildman–Crippen LogP) is 1.69. The highest BCUT2D eigenvalue weighted by Crippen LogP contribution is 2.20. The van der Waals surface area contributed by atoms with Gasteiger partial charge in [0.1, 0.15) is 6.04 Å². The molecule has 2 amide bonds. The number of nitrogens with zero attached hydrogens (tertiary/aromatic N) is 3. The third-order valence-electron chi connectivity index (χ3n) is 3.81. The molecule has 0 aromatic carbocycles. The van der Waals surface area contributed by atoms with E-state index in [1.807, 2.05) is 6.92 Å². The highest BCUT2D eigenvalue weighted by atomic mass is 19.1. The Kier molecular flexibility index (Phi) is 4.88. The van der Waals surface area contributed by atoms with E-state index in [9.17, 15) is 14.0 Å². The number of hydrogen-bond donors (Lipinski definition) is 0. The number of amides is 2. The Labute approximate surface area is 123 Å². The lowest BCUT2D eigenvalue weighted by Crippen LogP contribution is -2.57. The lowest BCUT2D eigenvalue weighted by molar-refractivity contribution is -0.138. The molecule has 1 unspecified atom stereocenters. The summed E-state index contributed by atoms with van der Waals surface area (Å²) in [6.07, 6.45) is 4.81. The van der Waals surface area contributed by atoms with Crippen LogP contribution in [0.5, 0.6) is 0 Å². The Morgan fingerprint density at radius 3 is 2.90 bits per heavy atom. The molecule has 114 valence electrons. The minimum absolute atomic E-state index is 0.0242. The molecule has 6 heteroatoms. The van der Waals surface area contributed by atoms with Crippen LogP contribution in [0.2, 0.25) is 0 Å². The molecule has 1 fully saturated rings. The van der Waals surface area contributed by atoms with Crippen LogP contribution in [0.1, 0.15) is 36.5 Å². The SMILES string of the molecule is CCCCC1C(=O)N(C)CCN1C(=O)c1ccncc1F. The van der Waals surface area contributed by atoms with E-state index in [1.165, 1.54) is 17.2 Å². The Balaban J connectivity index is 2.24. The molecule has 21 heavy (non-hydrogen) atoms. The van der Waals surface area contributed by atoms with Crippen molar-refractivity contribution in [2.75, 3.05) is 20.1 Å². The van der Waals surface area contributed by atoms with E-state index in [4.69, 9.17) is 0 Å². The fraction of sp³-hybridized carbons (Fsp3) is 0.533. The van der Waals surface area contributed by atoms with Gasteiger partial charge in [-0.2, -0.15) is 0 Å². The lowest BCUT2D eigenvalue weighted by atomic mass is 10.0. The molecule has 1 aromatic heterocycles. The fourth-order valence-corrected chi connectivity index (χ4v) is 2.53. The average molecular weight is 293 g/mol. The van der Waals surface area contributed by atoms with Crippen LogP contribution in [0.15, 0.2) is 18.5 Å². The first-order chi connectivity index (χ1) is 10.1. The second kappa shape index (κ2) is 6.65. The quantitative estimate of drug-likeness (QED) is 0.849. The predicted molar refractivity (Wildman–Crippen MR) is 76.2 cm³/mol. The van der Waals surface area contributed by atoms with Gasteiger partial charge in [-0.05, 0) is 12.5 Å². The number of hydrogen-bond acceptors (Lipinski definition) is 3. The Morgan fingerprint density at radius 2 is 2.24 bits per heavy atom. The first-order valence-electron chi connectivity index (χ1n) is 7.21. The number of rotatable bonds is 4. The average Bonchev–Trinajstić information content (AvgIpc) is 2.48. The smallest absolute Gasteiger partial charge is 0.257 e. The zero-order valence-electron chi connectivity index (χ0n) is 12.4. The molecule has 1 atom stereocenters. The van der Waals surface area contributed by atoms with Crippen LogP contribution in [0.4, 0.5) is 4.39 Å². The van der Waals surface area contributed by atoms with Crippen LogP contribution in [0, 0.1) is 5.82 Å². The van der Waals surface area contributed by atoms with Gasteiger partial charge in [0.2, 0.25) is 5.91 Å². The number of likely N-dealkylation sites (N-methyl/N-ethyl adjacent to an activating group) is 1. The van der Waals surface area contributed by atoms with Crippen molar-refractivity contribution in [3.05, 3.63) is 29.8 Å². The van der Waals surface area contributed by atoms with Crippen LogP contribution in [0.25, 0.3) is 0 Å². The van der Waals surface area contributed by atoms with Crippen molar-refractivity contribution in [2.45, 2.75) is 32.2 Å². The Bertz CT molecular complexity index is 535. The van der Waals surface area contributed by atoms with E-state index in [0.717, 1.165) is 19.0 Å². The van der Waals surface area contributed by atoms with E-state index < -0.39 is 17.8 Å². The normalized spacial score (nSPS) is 19.0. The van der Waals surface area contributed by atoms with Crippen molar-refractivity contribution in [2.24, 2.45) is 0 Å². The van der Waals surface area contributed by atoms with Gasteiger partial charge in [-0.1, -0.05) is 19.8 Å². The van der Waals surface area contributed by atoms with Crippen molar-refractivity contribution in [1.82, 2.24) is 14.8 Å². The van der Waals surface area contributed by atoms with Gasteiger partial charge in [0, 0.05) is 26.3 Å². The third-order valence-corrected chi connectivity index (χ3v) is 3.81. The summed E-state index contributed by atoms with van der Waals surface area (Å²) in [5, 5.41) is 0. The monoisotopic (exact) mass is 293 g/mol. The topological polar surface area (TPSA) is 53.5 Å². The van der Waals surface area contributed by atoms with E-state index in [2.05, 4.69) is 4.98 Å². The Hall–Kier alpha value is -1.98. The van der Waals surface area contributed by atoms with Crippen LogP contribution in [-0.4, -0.2) is 52.8 Å². The van der Waals surface area contributed by atoms with Crippen molar-refractivity contribution in [3.8, 4) is 0 Å². The molecule has 0 spiro atoms. The fourth-order valence-electron chi connectivity index (χ4n) is 2.53. The first-order valence-corrected chi connectivity index (χ1v) is 7.21. The molecule has 0 aliphatic carbocycles. The molecule has 1 aliphatic heterocycles. The second-order valence-electron chi connectivity index (χ2n) is 5.27. The van der Waals surface area contributed by atoms with E-state index in [0.29, 0.717) is 19.5 Å². The van der Waals surface area contributed by atoms with E-state index in [-0.39, 0.29) is 11.5 Å². The highest BCUT2D eigenvalue weighted by molar-refractivity contribution is 5.98. The summed E-state index contributed by atoms with van der Waals surface area (Å²) < 4.78 is 13.7. The number of unbranched alkanes of at least 4 members (excludes halogenated alkanes) is 1. The summed E-state index contributed by atoms with van der Waals surface area (Å²) in [5.74, 6) is -1.15. The summed E-state index contributed by atoms with van der Waals surface area (Å²) in [4.78, 5) is 31.6. The standard InChI is InChI=1S/C15H20FN3O2/c1-3-4-5-13-15(21)18(2)8-9-19(13)14(20)11-6-7-17-10-12(11)16/h6-7,10,13H,3-5,8-9H2,1-2H3. The molecule has 1 saturated heterocycles. The van der Waals surface area contributed by atoms with Crippen molar-refractivity contribution >= 4 is 11.8 Å². The highest BCUT2D eigenvalue weighted by Gasteiger charge is 2.36. The minimum Gasteiger partial charge on any atom is -0.342 e. The van der Waals surface area contributed by atoms with Gasteiger partial charge in [0.05, 0.1) is 11.8 Å². The molecule has 5 nitrogen and oxygen atoms in total. The summed E-state index contributed by atoms with van der Waals surface area (Å²) in [6.45, 7) is 2.93. The van der Waals surface area contributed by atoms with Gasteiger partial charge in [-0.25, -0.2) is 4.39 Å². The number of halogens is 1. The maximum Gasteiger partial charge on any atom is 0.257 e. The largest absolute Gasteiger partial charge is 0.342 e. The number of carbonyl (C=O) groups excluding carboxylic acids is 2. The van der Waals surface area contributed by atoms with Crippen molar-refractivity contribution in [1.29, 1.82) is 0 Å². The summed E-state index contributed by atoms with van der Waals surface area (Å²) >= 11 is 0. The van der Waals surface area contributed by atoms with Crippen molar-refractivity contribution < 1.29 is 14.0 Å². The minimum atomic E-state index is -0.650. The van der Waals surface area contributed by atoms with E-state index in [1.54, 1.807) is 11.9 Å². The van der Waals surface area contributed by atoms with Crippen LogP contribution in [0.3, 0.4) is 0 Å². The molecule has 0 saturated carbocycles. The zero-order valence-corrected chi connectivity index (χ0v) is 12.4. The zero-order chi connectivity index (χ0) is 15.4. The van der Waals surface area contributed by atoms with Gasteiger partial charge in [-0.15, -0.1) is 0 Å². The molecule has 0 N–H and O–H groups in total. The van der Waals surface area contributed by atoms with Gasteiger partial charge < -0.3 is 9.80 Å². The molecule has 0 radical (unpaired) electrons. The third kappa shape index (κ3) is 3.20. The summed E-state index contributed by atoms with van der Waals surface area (Å²) in [7, 11) is 1.73. The van der Waals surface area contributed by atoms with Gasteiger partial charge in [-0.3, -0.25) is 14.6 Å². The molecule has 2 rings (SSSR count). The Morgan fingerprint density at radius 1 is 1.48 bits per heavy atom. The second-order valence-corrected chi connectivity index (χ2v) is 5.27. The van der Waals surface area contributed by atoms with Crippen LogP contribution in [-0.2, 0) is 4.79 Å². The number of pyridine rings is 1. The molecule has 2 heterocycles. The molecule has 0 bridgehead atoms. The summed E-state index contributed by atoms with van der Waals surface area (Å²) in [6, 6.07) is 0.862. The van der Waals surface area contributed by atoms with Gasteiger partial charge in [0.15, 0.2) is 5.82 Å².